The molecule has 6 heteroatoms. The van der Waals surface area contributed by atoms with Gasteiger partial charge in [-0.25, -0.2) is 9.97 Å². The number of hydrogen-bond donors (Lipinski definition) is 0. The number of rotatable bonds is 4. The molecule has 0 aliphatic heterocycles. The lowest BCUT2D eigenvalue weighted by molar-refractivity contribution is 0.103. The Morgan fingerprint density at radius 2 is 1.85 bits per heavy atom. The number of hydrogen-bond acceptors (Lipinski definition) is 4. The van der Waals surface area contributed by atoms with Crippen LogP contribution in [-0.4, -0.2) is 25.3 Å². The summed E-state index contributed by atoms with van der Waals surface area (Å²) in [5.41, 5.74) is 3.48. The largest absolute Gasteiger partial charge is 0.306 e. The van der Waals surface area contributed by atoms with Crippen molar-refractivity contribution in [2.75, 3.05) is 0 Å². The molecule has 0 atom stereocenters. The number of carbonyl (C=O) groups excluding carboxylic acids is 1. The van der Waals surface area contributed by atoms with Crippen LogP contribution in [0.1, 0.15) is 21.7 Å². The molecule has 0 N–H and O–H groups in total. The summed E-state index contributed by atoms with van der Waals surface area (Å²) in [7, 11) is 0. The van der Waals surface area contributed by atoms with Gasteiger partial charge in [-0.2, -0.15) is 4.39 Å². The molecule has 132 valence electrons. The Labute approximate surface area is 155 Å². The predicted molar refractivity (Wildman–Crippen MR) is 99.2 cm³/mol. The van der Waals surface area contributed by atoms with Crippen LogP contribution in [0.5, 0.6) is 0 Å². The fraction of sp³-hybridized carbons (Fsp3) is 0.0476. The van der Waals surface area contributed by atoms with Crippen molar-refractivity contribution in [2.45, 2.75) is 6.92 Å². The maximum atomic E-state index is 14.0. The average molecular weight is 358 g/mol. The van der Waals surface area contributed by atoms with Crippen LogP contribution in [0, 0.1) is 12.9 Å². The summed E-state index contributed by atoms with van der Waals surface area (Å²) in [6.07, 6.45) is 6.22. The normalized spacial score (nSPS) is 10.7. The highest BCUT2D eigenvalue weighted by atomic mass is 19.1. The molecule has 1 aromatic carbocycles. The standard InChI is InChI=1S/C21H15FN4O/c1-14-7-9-23-18(10-14)20(27)19-12-26(13-25-19)16-5-2-4-15(11-16)17-6-3-8-24-21(17)22/h2-13H,1H3. The number of aromatic nitrogens is 4. The zero-order chi connectivity index (χ0) is 18.8. The molecule has 5 nitrogen and oxygen atoms in total. The van der Waals surface area contributed by atoms with E-state index in [0.717, 1.165) is 11.3 Å². The van der Waals surface area contributed by atoms with Gasteiger partial charge < -0.3 is 4.57 Å². The van der Waals surface area contributed by atoms with Crippen molar-refractivity contribution >= 4 is 5.78 Å². The summed E-state index contributed by atoms with van der Waals surface area (Å²) in [5.74, 6) is -0.770. The Bertz CT molecular complexity index is 1140. The second-order valence-electron chi connectivity index (χ2n) is 6.11. The second-order valence-corrected chi connectivity index (χ2v) is 6.11. The van der Waals surface area contributed by atoms with Crippen LogP contribution in [0.2, 0.25) is 0 Å². The number of benzene rings is 1. The fourth-order valence-corrected chi connectivity index (χ4v) is 2.81. The average Bonchev–Trinajstić information content (AvgIpc) is 3.18. The number of pyridine rings is 2. The Morgan fingerprint density at radius 3 is 2.67 bits per heavy atom. The molecule has 0 radical (unpaired) electrons. The Hall–Kier alpha value is -3.67. The molecule has 3 heterocycles. The van der Waals surface area contributed by atoms with Crippen LogP contribution in [0.25, 0.3) is 16.8 Å². The molecule has 0 saturated heterocycles. The number of ketones is 1. The Balaban J connectivity index is 1.67. The first-order chi connectivity index (χ1) is 13.1. The number of imidazole rings is 1. The molecule has 0 saturated carbocycles. The molecule has 0 bridgehead atoms. The van der Waals surface area contributed by atoms with Gasteiger partial charge >= 0.3 is 0 Å². The minimum atomic E-state index is -0.526. The van der Waals surface area contributed by atoms with E-state index in [0.29, 0.717) is 22.5 Å². The molecule has 0 spiro atoms. The van der Waals surface area contributed by atoms with Crippen molar-refractivity contribution in [3.8, 4) is 16.8 Å². The third-order valence-electron chi connectivity index (χ3n) is 4.18. The SMILES string of the molecule is Cc1ccnc(C(=O)c2cn(-c3cccc(-c4cccnc4F)c3)cn2)c1. The molecular weight excluding hydrogens is 343 g/mol. The van der Waals surface area contributed by atoms with Crippen LogP contribution >= 0.6 is 0 Å². The van der Waals surface area contributed by atoms with Crippen LogP contribution in [0.15, 0.2) is 73.4 Å². The van der Waals surface area contributed by atoms with E-state index >= 15 is 0 Å². The van der Waals surface area contributed by atoms with Gasteiger partial charge in [0.15, 0.2) is 0 Å². The molecular formula is C21H15FN4O. The molecule has 4 rings (SSSR count). The van der Waals surface area contributed by atoms with Gasteiger partial charge in [0.25, 0.3) is 0 Å². The number of carbonyl (C=O) groups is 1. The quantitative estimate of drug-likeness (QED) is 0.408. The first-order valence-electron chi connectivity index (χ1n) is 8.34. The van der Waals surface area contributed by atoms with Crippen molar-refractivity contribution < 1.29 is 9.18 Å². The Kier molecular flexibility index (Phi) is 4.30. The lowest BCUT2D eigenvalue weighted by Crippen LogP contribution is -2.04. The first kappa shape index (κ1) is 16.8. The van der Waals surface area contributed by atoms with Gasteiger partial charge in [-0.3, -0.25) is 9.78 Å². The first-order valence-corrected chi connectivity index (χ1v) is 8.34. The van der Waals surface area contributed by atoms with E-state index in [-0.39, 0.29) is 5.78 Å². The van der Waals surface area contributed by atoms with Gasteiger partial charge in [0, 0.05) is 29.8 Å². The highest BCUT2D eigenvalue weighted by Crippen LogP contribution is 2.24. The molecule has 0 unspecified atom stereocenters. The molecule has 0 aliphatic rings. The van der Waals surface area contributed by atoms with E-state index in [9.17, 15) is 9.18 Å². The molecule has 27 heavy (non-hydrogen) atoms. The molecule has 3 aromatic heterocycles. The molecule has 0 amide bonds. The van der Waals surface area contributed by atoms with Crippen LogP contribution in [0.3, 0.4) is 0 Å². The van der Waals surface area contributed by atoms with Crippen molar-refractivity contribution in [3.05, 3.63) is 96.3 Å². The summed E-state index contributed by atoms with van der Waals surface area (Å²) < 4.78 is 15.7. The third kappa shape index (κ3) is 3.37. The zero-order valence-corrected chi connectivity index (χ0v) is 14.5. The maximum absolute atomic E-state index is 14.0. The van der Waals surface area contributed by atoms with E-state index in [1.54, 1.807) is 41.5 Å². The molecule has 0 fully saturated rings. The van der Waals surface area contributed by atoms with E-state index in [1.165, 1.54) is 6.20 Å². The number of aryl methyl sites for hydroxylation is 1. The lowest BCUT2D eigenvalue weighted by Gasteiger charge is -2.06. The maximum Gasteiger partial charge on any atom is 0.231 e. The third-order valence-corrected chi connectivity index (χ3v) is 4.18. The summed E-state index contributed by atoms with van der Waals surface area (Å²) >= 11 is 0. The van der Waals surface area contributed by atoms with Gasteiger partial charge in [0.1, 0.15) is 17.7 Å². The number of halogens is 1. The smallest absolute Gasteiger partial charge is 0.231 e. The van der Waals surface area contributed by atoms with Crippen molar-refractivity contribution in [3.63, 3.8) is 0 Å². The van der Waals surface area contributed by atoms with Gasteiger partial charge in [-0.05, 0) is 54.4 Å². The van der Waals surface area contributed by atoms with Crippen LogP contribution in [-0.2, 0) is 0 Å². The van der Waals surface area contributed by atoms with E-state index in [2.05, 4.69) is 15.0 Å². The lowest BCUT2D eigenvalue weighted by atomic mass is 10.1. The van der Waals surface area contributed by atoms with Gasteiger partial charge in [-0.1, -0.05) is 12.1 Å². The van der Waals surface area contributed by atoms with Gasteiger partial charge in [-0.15, -0.1) is 0 Å². The summed E-state index contributed by atoms with van der Waals surface area (Å²) in [6.45, 7) is 1.90. The van der Waals surface area contributed by atoms with Crippen molar-refractivity contribution in [2.24, 2.45) is 0 Å². The highest BCUT2D eigenvalue weighted by Gasteiger charge is 2.14. The van der Waals surface area contributed by atoms with Crippen molar-refractivity contribution in [1.29, 1.82) is 0 Å². The van der Waals surface area contributed by atoms with Gasteiger partial charge in [0.2, 0.25) is 11.7 Å². The topological polar surface area (TPSA) is 60.7 Å². The van der Waals surface area contributed by atoms with Crippen molar-refractivity contribution in [1.82, 2.24) is 19.5 Å². The predicted octanol–water partition coefficient (Wildman–Crippen LogP) is 4.01. The van der Waals surface area contributed by atoms with Crippen LogP contribution < -0.4 is 0 Å². The zero-order valence-electron chi connectivity index (χ0n) is 14.5. The Morgan fingerprint density at radius 1 is 0.963 bits per heavy atom. The van der Waals surface area contributed by atoms with E-state index in [1.807, 2.05) is 37.3 Å². The van der Waals surface area contributed by atoms with Crippen LogP contribution in [0.4, 0.5) is 4.39 Å². The second kappa shape index (κ2) is 6.92. The number of nitrogens with zero attached hydrogens (tertiary/aromatic N) is 4. The van der Waals surface area contributed by atoms with Gasteiger partial charge in [0.05, 0.1) is 0 Å². The summed E-state index contributed by atoms with van der Waals surface area (Å²) in [6, 6.07) is 14.2. The summed E-state index contributed by atoms with van der Waals surface area (Å²) in [5, 5.41) is 0. The fourth-order valence-electron chi connectivity index (χ4n) is 2.81. The molecule has 4 aromatic rings. The monoisotopic (exact) mass is 358 g/mol. The minimum absolute atomic E-state index is 0.244. The summed E-state index contributed by atoms with van der Waals surface area (Å²) in [4.78, 5) is 24.6. The minimum Gasteiger partial charge on any atom is -0.306 e. The van der Waals surface area contributed by atoms with E-state index in [4.69, 9.17) is 0 Å². The van der Waals surface area contributed by atoms with E-state index < -0.39 is 5.95 Å². The highest BCUT2D eigenvalue weighted by molar-refractivity contribution is 6.06. The molecule has 0 aliphatic carbocycles.